The summed E-state index contributed by atoms with van der Waals surface area (Å²) in [7, 11) is 1.77. The van der Waals surface area contributed by atoms with Crippen molar-refractivity contribution in [1.82, 2.24) is 14.7 Å². The highest BCUT2D eigenvalue weighted by Gasteiger charge is 2.37. The van der Waals surface area contributed by atoms with E-state index < -0.39 is 6.04 Å². The normalized spacial score (nSPS) is 18.5. The van der Waals surface area contributed by atoms with Gasteiger partial charge in [0.1, 0.15) is 11.7 Å². The topological polar surface area (TPSA) is 67.2 Å². The van der Waals surface area contributed by atoms with Crippen molar-refractivity contribution in [3.8, 4) is 0 Å². The number of nitrogens with zero attached hydrogens (tertiary/aromatic N) is 3. The number of aromatic nitrogens is 2. The minimum absolute atomic E-state index is 0.0481. The van der Waals surface area contributed by atoms with Crippen LogP contribution in [0.2, 0.25) is 0 Å². The molecule has 24 heavy (non-hydrogen) atoms. The molecule has 1 aromatic heterocycles. The molecule has 2 heterocycles. The number of nitrogens with one attached hydrogen (secondary N) is 1. The monoisotopic (exact) mass is 326 g/mol. The van der Waals surface area contributed by atoms with Gasteiger partial charge in [0.2, 0.25) is 5.91 Å². The second-order valence-corrected chi connectivity index (χ2v) is 6.28. The number of benzene rings is 1. The molecule has 2 amide bonds. The number of carbonyl (C=O) groups is 2. The van der Waals surface area contributed by atoms with E-state index in [4.69, 9.17) is 0 Å². The lowest BCUT2D eigenvalue weighted by Crippen LogP contribution is -2.49. The Hall–Kier alpha value is -2.63. The third-order valence-corrected chi connectivity index (χ3v) is 4.60. The first-order valence-corrected chi connectivity index (χ1v) is 8.20. The molecule has 3 rings (SSSR count). The van der Waals surface area contributed by atoms with Crippen molar-refractivity contribution in [3.05, 3.63) is 47.8 Å². The minimum atomic E-state index is -0.517. The summed E-state index contributed by atoms with van der Waals surface area (Å²) >= 11 is 0. The van der Waals surface area contributed by atoms with Gasteiger partial charge in [-0.25, -0.2) is 0 Å². The highest BCUT2D eigenvalue weighted by atomic mass is 16.2. The van der Waals surface area contributed by atoms with Crippen LogP contribution >= 0.6 is 0 Å². The fourth-order valence-corrected chi connectivity index (χ4v) is 3.07. The standard InChI is InChI=1S/C18H22N4O2/c1-4-12(2)16-17(23)19-14-8-6-5-7-13(14)11-22(16)18(24)15-9-10-21(3)20-15/h5-10,12,16H,4,11H2,1-3H3,(H,19,23). The van der Waals surface area contributed by atoms with Crippen molar-refractivity contribution in [1.29, 1.82) is 0 Å². The number of anilines is 1. The molecule has 1 aliphatic rings. The van der Waals surface area contributed by atoms with Gasteiger partial charge in [0, 0.05) is 25.5 Å². The highest BCUT2D eigenvalue weighted by Crippen LogP contribution is 2.28. The first-order valence-electron chi connectivity index (χ1n) is 8.20. The van der Waals surface area contributed by atoms with E-state index in [2.05, 4.69) is 10.4 Å². The zero-order chi connectivity index (χ0) is 17.3. The molecule has 0 saturated heterocycles. The van der Waals surface area contributed by atoms with Crippen LogP contribution in [0.4, 0.5) is 5.69 Å². The van der Waals surface area contributed by atoms with Crippen LogP contribution in [0.1, 0.15) is 36.3 Å². The summed E-state index contributed by atoms with van der Waals surface area (Å²) < 4.78 is 1.59. The summed E-state index contributed by atoms with van der Waals surface area (Å²) in [4.78, 5) is 27.5. The molecule has 0 spiro atoms. The third-order valence-electron chi connectivity index (χ3n) is 4.60. The van der Waals surface area contributed by atoms with E-state index in [9.17, 15) is 9.59 Å². The lowest BCUT2D eigenvalue weighted by molar-refractivity contribution is -0.122. The smallest absolute Gasteiger partial charge is 0.275 e. The number of aryl methyl sites for hydroxylation is 1. The van der Waals surface area contributed by atoms with Gasteiger partial charge in [-0.1, -0.05) is 38.5 Å². The molecule has 2 unspecified atom stereocenters. The van der Waals surface area contributed by atoms with Crippen LogP contribution in [-0.4, -0.2) is 32.5 Å². The number of hydrogen-bond acceptors (Lipinski definition) is 3. The van der Waals surface area contributed by atoms with E-state index >= 15 is 0 Å². The maximum Gasteiger partial charge on any atom is 0.275 e. The fraction of sp³-hybridized carbons (Fsp3) is 0.389. The van der Waals surface area contributed by atoms with Crippen molar-refractivity contribution >= 4 is 17.5 Å². The predicted octanol–water partition coefficient (Wildman–Crippen LogP) is 2.43. The second-order valence-electron chi connectivity index (χ2n) is 6.28. The van der Waals surface area contributed by atoms with E-state index in [1.165, 1.54) is 0 Å². The molecular weight excluding hydrogens is 304 g/mol. The number of hydrogen-bond donors (Lipinski definition) is 1. The van der Waals surface area contributed by atoms with Gasteiger partial charge in [-0.05, 0) is 23.6 Å². The first-order chi connectivity index (χ1) is 11.5. The fourth-order valence-electron chi connectivity index (χ4n) is 3.07. The Kier molecular flexibility index (Phi) is 4.38. The summed E-state index contributed by atoms with van der Waals surface area (Å²) in [6, 6.07) is 8.77. The molecule has 1 aromatic carbocycles. The third kappa shape index (κ3) is 2.91. The zero-order valence-corrected chi connectivity index (χ0v) is 14.2. The molecule has 2 atom stereocenters. The van der Waals surface area contributed by atoms with E-state index in [-0.39, 0.29) is 17.7 Å². The maximum atomic E-state index is 13.0. The lowest BCUT2D eigenvalue weighted by atomic mass is 9.96. The van der Waals surface area contributed by atoms with Crippen molar-refractivity contribution < 1.29 is 9.59 Å². The van der Waals surface area contributed by atoms with Crippen LogP contribution in [0.5, 0.6) is 0 Å². The maximum absolute atomic E-state index is 13.0. The molecule has 6 nitrogen and oxygen atoms in total. The zero-order valence-electron chi connectivity index (χ0n) is 14.2. The number of fused-ring (bicyclic) bond motifs is 1. The van der Waals surface area contributed by atoms with Crippen LogP contribution in [-0.2, 0) is 18.4 Å². The highest BCUT2D eigenvalue weighted by molar-refractivity contribution is 6.02. The van der Waals surface area contributed by atoms with Crippen LogP contribution in [0.15, 0.2) is 36.5 Å². The number of amides is 2. The summed E-state index contributed by atoms with van der Waals surface area (Å²) in [6.45, 7) is 4.41. The SMILES string of the molecule is CCC(C)C1C(=O)Nc2ccccc2CN1C(=O)c1ccn(C)n1. The molecule has 0 radical (unpaired) electrons. The summed E-state index contributed by atoms with van der Waals surface area (Å²) in [5.41, 5.74) is 2.06. The quantitative estimate of drug-likeness (QED) is 0.942. The van der Waals surface area contributed by atoms with Gasteiger partial charge < -0.3 is 10.2 Å². The predicted molar refractivity (Wildman–Crippen MR) is 91.4 cm³/mol. The first kappa shape index (κ1) is 16.2. The average molecular weight is 326 g/mol. The van der Waals surface area contributed by atoms with Crippen LogP contribution < -0.4 is 5.32 Å². The van der Waals surface area contributed by atoms with E-state index in [0.29, 0.717) is 12.2 Å². The number of rotatable bonds is 3. The van der Waals surface area contributed by atoms with E-state index in [1.54, 1.807) is 28.9 Å². The van der Waals surface area contributed by atoms with E-state index in [0.717, 1.165) is 17.7 Å². The molecular formula is C18H22N4O2. The second kappa shape index (κ2) is 6.47. The molecule has 126 valence electrons. The van der Waals surface area contributed by atoms with Gasteiger partial charge in [-0.2, -0.15) is 5.10 Å². The Morgan fingerprint density at radius 2 is 2.12 bits per heavy atom. The van der Waals surface area contributed by atoms with Crippen LogP contribution in [0.3, 0.4) is 0 Å². The van der Waals surface area contributed by atoms with Gasteiger partial charge >= 0.3 is 0 Å². The van der Waals surface area contributed by atoms with Gasteiger partial charge in [0.25, 0.3) is 5.91 Å². The summed E-state index contributed by atoms with van der Waals surface area (Å²) in [5.74, 6) is -0.307. The summed E-state index contributed by atoms with van der Waals surface area (Å²) in [5, 5.41) is 7.18. The Labute approximate surface area is 141 Å². The van der Waals surface area contributed by atoms with Crippen LogP contribution in [0, 0.1) is 5.92 Å². The molecule has 2 aromatic rings. The molecule has 6 heteroatoms. The number of para-hydroxylation sites is 1. The largest absolute Gasteiger partial charge is 0.324 e. The van der Waals surface area contributed by atoms with Crippen molar-refractivity contribution in [2.75, 3.05) is 5.32 Å². The van der Waals surface area contributed by atoms with E-state index in [1.807, 2.05) is 38.1 Å². The summed E-state index contributed by atoms with van der Waals surface area (Å²) in [6.07, 6.45) is 2.54. The molecule has 0 saturated carbocycles. The Morgan fingerprint density at radius 1 is 1.38 bits per heavy atom. The Bertz CT molecular complexity index is 768. The number of carbonyl (C=O) groups excluding carboxylic acids is 2. The average Bonchev–Trinajstić information content (AvgIpc) is 2.94. The Balaban J connectivity index is 2.03. The van der Waals surface area contributed by atoms with Gasteiger partial charge in [0.15, 0.2) is 0 Å². The van der Waals surface area contributed by atoms with Crippen molar-refractivity contribution in [3.63, 3.8) is 0 Å². The molecule has 1 N–H and O–H groups in total. The minimum Gasteiger partial charge on any atom is -0.324 e. The Morgan fingerprint density at radius 3 is 2.79 bits per heavy atom. The van der Waals surface area contributed by atoms with Crippen molar-refractivity contribution in [2.45, 2.75) is 32.9 Å². The molecule has 0 fully saturated rings. The van der Waals surface area contributed by atoms with Crippen LogP contribution in [0.25, 0.3) is 0 Å². The van der Waals surface area contributed by atoms with Crippen molar-refractivity contribution in [2.24, 2.45) is 13.0 Å². The van der Waals surface area contributed by atoms with Gasteiger partial charge in [-0.3, -0.25) is 14.3 Å². The van der Waals surface area contributed by atoms with Gasteiger partial charge in [-0.15, -0.1) is 0 Å². The molecule has 0 aliphatic carbocycles. The molecule has 1 aliphatic heterocycles. The molecule has 0 bridgehead atoms. The van der Waals surface area contributed by atoms with Gasteiger partial charge in [0.05, 0.1) is 0 Å². The lowest BCUT2D eigenvalue weighted by Gasteiger charge is -2.31.